The lowest BCUT2D eigenvalue weighted by molar-refractivity contribution is 0.120. The number of carbonyl (C=O) groups is 1. The number of piperazine rings is 1. The molecule has 0 unspecified atom stereocenters. The first kappa shape index (κ1) is 19.1. The normalized spacial score (nSPS) is 16.2. The average molecular weight is 375 g/mol. The number of nitrogens with zero attached hydrogens (tertiary/aromatic N) is 4. The highest BCUT2D eigenvalue weighted by molar-refractivity contribution is 5.74. The minimum Gasteiger partial charge on any atom is -0.497 e. The Morgan fingerprint density at radius 1 is 1.30 bits per heavy atom. The van der Waals surface area contributed by atoms with Crippen molar-refractivity contribution >= 4 is 6.03 Å². The number of ether oxygens (including phenoxy) is 1. The highest BCUT2D eigenvalue weighted by Crippen LogP contribution is 2.21. The van der Waals surface area contributed by atoms with Crippen molar-refractivity contribution in [3.63, 3.8) is 0 Å². The van der Waals surface area contributed by atoms with Crippen molar-refractivity contribution in [3.05, 3.63) is 30.2 Å². The van der Waals surface area contributed by atoms with E-state index in [9.17, 15) is 4.79 Å². The molecule has 1 aliphatic rings. The molecule has 1 atom stereocenters. The van der Waals surface area contributed by atoms with E-state index in [1.54, 1.807) is 12.0 Å². The maximum Gasteiger partial charge on any atom is 0.318 e. The Kier molecular flexibility index (Phi) is 6.25. The summed E-state index contributed by atoms with van der Waals surface area (Å²) < 4.78 is 10.5. The van der Waals surface area contributed by atoms with E-state index in [1.807, 2.05) is 31.2 Å². The van der Waals surface area contributed by atoms with Gasteiger partial charge < -0.3 is 24.6 Å². The van der Waals surface area contributed by atoms with Gasteiger partial charge >= 0.3 is 6.03 Å². The van der Waals surface area contributed by atoms with Gasteiger partial charge in [0.05, 0.1) is 13.7 Å². The van der Waals surface area contributed by atoms with Gasteiger partial charge in [-0.3, -0.25) is 4.90 Å². The number of benzene rings is 1. The van der Waals surface area contributed by atoms with Gasteiger partial charge in [-0.1, -0.05) is 5.16 Å². The fourth-order valence-electron chi connectivity index (χ4n) is 2.92. The predicted octanol–water partition coefficient (Wildman–Crippen LogP) is 1.13. The van der Waals surface area contributed by atoms with Crippen molar-refractivity contribution in [2.75, 3.05) is 46.4 Å². The molecule has 0 radical (unpaired) electrons. The van der Waals surface area contributed by atoms with E-state index in [0.717, 1.165) is 24.4 Å². The van der Waals surface area contributed by atoms with Gasteiger partial charge in [0.1, 0.15) is 11.8 Å². The number of rotatable bonds is 6. The molecule has 2 N–H and O–H groups in total. The summed E-state index contributed by atoms with van der Waals surface area (Å²) in [6, 6.07) is 6.80. The smallest absolute Gasteiger partial charge is 0.318 e. The molecule has 146 valence electrons. The predicted molar refractivity (Wildman–Crippen MR) is 98.3 cm³/mol. The molecule has 1 aromatic heterocycles. The van der Waals surface area contributed by atoms with Gasteiger partial charge in [-0.25, -0.2) is 4.79 Å². The van der Waals surface area contributed by atoms with E-state index in [2.05, 4.69) is 20.4 Å². The Morgan fingerprint density at radius 2 is 2.00 bits per heavy atom. The maximum atomic E-state index is 12.4. The van der Waals surface area contributed by atoms with Crippen LogP contribution in [0.3, 0.4) is 0 Å². The third-order valence-corrected chi connectivity index (χ3v) is 4.58. The Bertz CT molecular complexity index is 740. The van der Waals surface area contributed by atoms with Crippen LogP contribution in [0.2, 0.25) is 0 Å². The van der Waals surface area contributed by atoms with Crippen LogP contribution in [-0.4, -0.2) is 77.5 Å². The number of amides is 2. The minimum atomic E-state index is -0.396. The minimum absolute atomic E-state index is 0.136. The van der Waals surface area contributed by atoms with E-state index < -0.39 is 6.04 Å². The van der Waals surface area contributed by atoms with Crippen molar-refractivity contribution in [1.82, 2.24) is 25.3 Å². The van der Waals surface area contributed by atoms with Gasteiger partial charge in [0.2, 0.25) is 11.7 Å². The summed E-state index contributed by atoms with van der Waals surface area (Å²) in [5.41, 5.74) is 0.810. The van der Waals surface area contributed by atoms with Crippen LogP contribution in [0.5, 0.6) is 5.75 Å². The zero-order valence-corrected chi connectivity index (χ0v) is 15.6. The second-order valence-corrected chi connectivity index (χ2v) is 6.41. The number of nitrogens with one attached hydrogen (secondary N) is 1. The van der Waals surface area contributed by atoms with E-state index in [4.69, 9.17) is 14.4 Å². The summed E-state index contributed by atoms with van der Waals surface area (Å²) >= 11 is 0. The van der Waals surface area contributed by atoms with Crippen molar-refractivity contribution in [2.45, 2.75) is 13.0 Å². The highest BCUT2D eigenvalue weighted by Gasteiger charge is 2.24. The molecule has 1 saturated heterocycles. The molecule has 9 nitrogen and oxygen atoms in total. The summed E-state index contributed by atoms with van der Waals surface area (Å²) in [6.07, 6.45) is 0. The van der Waals surface area contributed by atoms with Crippen molar-refractivity contribution in [1.29, 1.82) is 0 Å². The molecule has 1 fully saturated rings. The number of urea groups is 1. The van der Waals surface area contributed by atoms with E-state index in [1.165, 1.54) is 0 Å². The van der Waals surface area contributed by atoms with E-state index in [0.29, 0.717) is 31.3 Å². The largest absolute Gasteiger partial charge is 0.497 e. The second kappa shape index (κ2) is 8.83. The number of hydrogen-bond donors (Lipinski definition) is 2. The molecule has 27 heavy (non-hydrogen) atoms. The second-order valence-electron chi connectivity index (χ2n) is 6.41. The van der Waals surface area contributed by atoms with Gasteiger partial charge in [-0.15, -0.1) is 0 Å². The molecule has 2 heterocycles. The molecule has 3 rings (SSSR count). The van der Waals surface area contributed by atoms with Crippen LogP contribution < -0.4 is 10.1 Å². The van der Waals surface area contributed by atoms with Gasteiger partial charge in [-0.2, -0.15) is 4.98 Å². The van der Waals surface area contributed by atoms with Crippen LogP contribution in [0.1, 0.15) is 18.9 Å². The topological polar surface area (TPSA) is 104 Å². The molecular weight excluding hydrogens is 350 g/mol. The number of aliphatic hydroxyl groups is 1. The third-order valence-electron chi connectivity index (χ3n) is 4.58. The molecule has 2 aromatic rings. The fourth-order valence-corrected chi connectivity index (χ4v) is 2.92. The van der Waals surface area contributed by atoms with Gasteiger partial charge in [0.25, 0.3) is 0 Å². The lowest BCUT2D eigenvalue weighted by Crippen LogP contribution is -2.52. The SMILES string of the molecule is COc1ccc(-c2noc([C@@H](C)NC(=O)N3CCN(CCO)CC3)n2)cc1. The standard InChI is InChI=1S/C18H25N5O4/c1-13(19-18(25)23-9-7-22(8-10-23)11-12-24)17-20-16(21-27-17)14-3-5-15(26-2)6-4-14/h3-6,13,24H,7-12H2,1-2H3,(H,19,25)/t13-/m1/s1. The van der Waals surface area contributed by atoms with Crippen LogP contribution in [0, 0.1) is 0 Å². The van der Waals surface area contributed by atoms with Crippen molar-refractivity contribution in [2.24, 2.45) is 0 Å². The summed E-state index contributed by atoms with van der Waals surface area (Å²) in [5.74, 6) is 1.57. The summed E-state index contributed by atoms with van der Waals surface area (Å²) in [6.45, 7) is 5.35. The first-order valence-corrected chi connectivity index (χ1v) is 8.97. The quantitative estimate of drug-likeness (QED) is 0.780. The number of aromatic nitrogens is 2. The fraction of sp³-hybridized carbons (Fsp3) is 0.500. The molecule has 0 aliphatic carbocycles. The van der Waals surface area contributed by atoms with Gasteiger partial charge in [-0.05, 0) is 31.2 Å². The first-order valence-electron chi connectivity index (χ1n) is 8.97. The zero-order chi connectivity index (χ0) is 19.2. The molecule has 2 amide bonds. The third kappa shape index (κ3) is 4.75. The van der Waals surface area contributed by atoms with Crippen LogP contribution in [0.4, 0.5) is 4.79 Å². The Hall–Kier alpha value is -2.65. The zero-order valence-electron chi connectivity index (χ0n) is 15.6. The Balaban J connectivity index is 1.56. The van der Waals surface area contributed by atoms with Crippen LogP contribution in [0.25, 0.3) is 11.4 Å². The molecule has 0 spiro atoms. The highest BCUT2D eigenvalue weighted by atomic mass is 16.5. The summed E-state index contributed by atoms with van der Waals surface area (Å²) in [4.78, 5) is 20.7. The van der Waals surface area contributed by atoms with Crippen molar-refractivity contribution < 1.29 is 19.2 Å². The molecule has 0 bridgehead atoms. The number of β-amino-alcohol motifs (C(OH)–C–C–N with tert-alkyl or cyclic N) is 1. The van der Waals surface area contributed by atoms with Gasteiger partial charge in [0.15, 0.2) is 0 Å². The number of hydrogen-bond acceptors (Lipinski definition) is 7. The Labute approximate surface area is 157 Å². The molecular formula is C18H25N5O4. The van der Waals surface area contributed by atoms with Crippen LogP contribution in [0.15, 0.2) is 28.8 Å². The first-order chi connectivity index (χ1) is 13.1. The number of carbonyl (C=O) groups excluding carboxylic acids is 1. The van der Waals surface area contributed by atoms with Gasteiger partial charge in [0, 0.05) is 38.3 Å². The molecule has 1 aliphatic heterocycles. The summed E-state index contributed by atoms with van der Waals surface area (Å²) in [5, 5.41) is 15.9. The molecule has 1 aromatic carbocycles. The van der Waals surface area contributed by atoms with Crippen LogP contribution in [-0.2, 0) is 0 Å². The van der Waals surface area contributed by atoms with E-state index in [-0.39, 0.29) is 12.6 Å². The lowest BCUT2D eigenvalue weighted by atomic mass is 10.2. The number of methoxy groups -OCH3 is 1. The summed E-state index contributed by atoms with van der Waals surface area (Å²) in [7, 11) is 1.61. The average Bonchev–Trinajstić information content (AvgIpc) is 3.19. The molecule has 0 saturated carbocycles. The molecule has 9 heteroatoms. The monoisotopic (exact) mass is 375 g/mol. The Morgan fingerprint density at radius 3 is 2.63 bits per heavy atom. The van der Waals surface area contributed by atoms with E-state index >= 15 is 0 Å². The lowest BCUT2D eigenvalue weighted by Gasteiger charge is -2.34. The number of aliphatic hydroxyl groups excluding tert-OH is 1. The van der Waals surface area contributed by atoms with Crippen LogP contribution >= 0.6 is 0 Å². The maximum absolute atomic E-state index is 12.4. The van der Waals surface area contributed by atoms with Crippen molar-refractivity contribution in [3.8, 4) is 17.1 Å².